The van der Waals surface area contributed by atoms with Gasteiger partial charge in [0.2, 0.25) is 0 Å². The minimum absolute atomic E-state index is 0.993. The van der Waals surface area contributed by atoms with Crippen LogP contribution in [0.15, 0.2) is 12.2 Å². The molecule has 0 spiro atoms. The third-order valence-electron chi connectivity index (χ3n) is 4.16. The van der Waals surface area contributed by atoms with Crippen LogP contribution >= 0.6 is 0 Å². The van der Waals surface area contributed by atoms with Crippen LogP contribution < -0.4 is 0 Å². The molecular formula is C11H16. The average molecular weight is 148 g/mol. The predicted molar refractivity (Wildman–Crippen MR) is 46.2 cm³/mol. The van der Waals surface area contributed by atoms with Crippen molar-refractivity contribution in [3.8, 4) is 0 Å². The highest BCUT2D eigenvalue weighted by Crippen LogP contribution is 2.52. The van der Waals surface area contributed by atoms with E-state index < -0.39 is 0 Å². The van der Waals surface area contributed by atoms with Crippen LogP contribution in [0.25, 0.3) is 0 Å². The maximum Gasteiger partial charge on any atom is -0.0202 e. The molecule has 4 unspecified atom stereocenters. The molecule has 0 N–H and O–H groups in total. The molecule has 11 heavy (non-hydrogen) atoms. The summed E-state index contributed by atoms with van der Waals surface area (Å²) in [5, 5.41) is 0. The van der Waals surface area contributed by atoms with Crippen molar-refractivity contribution in [3.05, 3.63) is 12.2 Å². The molecule has 0 aliphatic heterocycles. The molecule has 60 valence electrons. The van der Waals surface area contributed by atoms with E-state index in [4.69, 9.17) is 0 Å². The normalized spacial score (nSPS) is 53.1. The second-order valence-corrected chi connectivity index (χ2v) is 4.55. The van der Waals surface area contributed by atoms with E-state index >= 15 is 0 Å². The van der Waals surface area contributed by atoms with Crippen LogP contribution in [0.2, 0.25) is 0 Å². The van der Waals surface area contributed by atoms with Gasteiger partial charge in [-0.05, 0) is 49.4 Å². The van der Waals surface area contributed by atoms with Crippen LogP contribution in [0.4, 0.5) is 0 Å². The molecule has 2 fully saturated rings. The fraction of sp³-hybridized carbons (Fsp3) is 0.818. The highest BCUT2D eigenvalue weighted by atomic mass is 14.5. The first-order chi connectivity index (χ1) is 5.45. The number of allylic oxidation sites excluding steroid dienone is 2. The summed E-state index contributed by atoms with van der Waals surface area (Å²) in [5.74, 6) is 4.21. The van der Waals surface area contributed by atoms with Crippen molar-refractivity contribution in [2.45, 2.75) is 32.1 Å². The van der Waals surface area contributed by atoms with Crippen molar-refractivity contribution in [2.75, 3.05) is 0 Å². The maximum atomic E-state index is 2.51. The molecule has 0 heterocycles. The monoisotopic (exact) mass is 148 g/mol. The first-order valence-corrected chi connectivity index (χ1v) is 5.13. The SMILES string of the molecule is C1=CC2CCC1C1CCCC21. The van der Waals surface area contributed by atoms with E-state index in [0.717, 1.165) is 23.7 Å². The van der Waals surface area contributed by atoms with Gasteiger partial charge in [0, 0.05) is 0 Å². The Morgan fingerprint density at radius 1 is 0.727 bits per heavy atom. The minimum Gasteiger partial charge on any atom is -0.0848 e. The fourth-order valence-electron chi connectivity index (χ4n) is 3.66. The number of rotatable bonds is 0. The van der Waals surface area contributed by atoms with Gasteiger partial charge in [-0.15, -0.1) is 0 Å². The number of hydrogen-bond acceptors (Lipinski definition) is 0. The van der Waals surface area contributed by atoms with E-state index in [0.29, 0.717) is 0 Å². The summed E-state index contributed by atoms with van der Waals surface area (Å²) >= 11 is 0. The van der Waals surface area contributed by atoms with Gasteiger partial charge in [0.05, 0.1) is 0 Å². The Hall–Kier alpha value is -0.260. The summed E-state index contributed by atoms with van der Waals surface area (Å²) in [7, 11) is 0. The Bertz CT molecular complexity index is 172. The topological polar surface area (TPSA) is 0 Å². The van der Waals surface area contributed by atoms with Gasteiger partial charge in [0.25, 0.3) is 0 Å². The summed E-state index contributed by atoms with van der Waals surface area (Å²) < 4.78 is 0. The van der Waals surface area contributed by atoms with Gasteiger partial charge in [0.15, 0.2) is 0 Å². The number of fused-ring (bicyclic) bond motifs is 1. The van der Waals surface area contributed by atoms with Crippen molar-refractivity contribution < 1.29 is 0 Å². The molecule has 0 amide bonds. The quantitative estimate of drug-likeness (QED) is 0.463. The molecule has 4 aliphatic carbocycles. The second kappa shape index (κ2) is 2.12. The summed E-state index contributed by atoms with van der Waals surface area (Å²) in [4.78, 5) is 0. The van der Waals surface area contributed by atoms with E-state index in [-0.39, 0.29) is 0 Å². The molecular weight excluding hydrogens is 132 g/mol. The Labute approximate surface area is 68.7 Å². The van der Waals surface area contributed by atoms with E-state index in [1.807, 2.05) is 0 Å². The third kappa shape index (κ3) is 0.758. The standard InChI is InChI=1S/C11H16/c1-2-10-8-4-6-9(7-5-8)11(10)3-1/h4,6,8-11H,1-3,5,7H2. The van der Waals surface area contributed by atoms with E-state index in [1.165, 1.54) is 32.1 Å². The molecule has 0 aromatic heterocycles. The molecule has 4 atom stereocenters. The predicted octanol–water partition coefficient (Wildman–Crippen LogP) is 3.00. The van der Waals surface area contributed by atoms with Gasteiger partial charge in [-0.3, -0.25) is 0 Å². The third-order valence-corrected chi connectivity index (χ3v) is 4.16. The Morgan fingerprint density at radius 2 is 1.27 bits per heavy atom. The van der Waals surface area contributed by atoms with Crippen molar-refractivity contribution in [1.29, 1.82) is 0 Å². The molecule has 0 aromatic carbocycles. The second-order valence-electron chi connectivity index (χ2n) is 4.55. The summed E-state index contributed by atoms with van der Waals surface area (Å²) in [5.41, 5.74) is 0. The largest absolute Gasteiger partial charge is 0.0848 e. The molecule has 0 nitrogen and oxygen atoms in total. The van der Waals surface area contributed by atoms with Gasteiger partial charge >= 0.3 is 0 Å². The van der Waals surface area contributed by atoms with E-state index in [2.05, 4.69) is 12.2 Å². The first kappa shape index (κ1) is 6.28. The van der Waals surface area contributed by atoms with Crippen molar-refractivity contribution in [2.24, 2.45) is 23.7 Å². The van der Waals surface area contributed by atoms with Crippen molar-refractivity contribution in [3.63, 3.8) is 0 Å². The highest BCUT2D eigenvalue weighted by molar-refractivity contribution is 5.10. The number of hydrogen-bond donors (Lipinski definition) is 0. The zero-order valence-electron chi connectivity index (χ0n) is 7.00. The van der Waals surface area contributed by atoms with Crippen molar-refractivity contribution in [1.82, 2.24) is 0 Å². The molecule has 2 saturated carbocycles. The van der Waals surface area contributed by atoms with Crippen molar-refractivity contribution >= 4 is 0 Å². The van der Waals surface area contributed by atoms with Crippen LogP contribution in [-0.4, -0.2) is 0 Å². The molecule has 4 rings (SSSR count). The van der Waals surface area contributed by atoms with Gasteiger partial charge in [-0.25, -0.2) is 0 Å². The van der Waals surface area contributed by atoms with Crippen LogP contribution in [0.5, 0.6) is 0 Å². The van der Waals surface area contributed by atoms with Crippen LogP contribution in [0, 0.1) is 23.7 Å². The lowest BCUT2D eigenvalue weighted by atomic mass is 9.64. The molecule has 0 heteroatoms. The Balaban J connectivity index is 1.97. The van der Waals surface area contributed by atoms with Gasteiger partial charge in [0.1, 0.15) is 0 Å². The molecule has 0 aromatic rings. The lowest BCUT2D eigenvalue weighted by Crippen LogP contribution is -2.33. The highest BCUT2D eigenvalue weighted by Gasteiger charge is 2.42. The summed E-state index contributed by atoms with van der Waals surface area (Å²) in [6, 6.07) is 0. The zero-order chi connectivity index (χ0) is 7.26. The lowest BCUT2D eigenvalue weighted by Gasteiger charge is -2.41. The van der Waals surface area contributed by atoms with Crippen LogP contribution in [-0.2, 0) is 0 Å². The lowest BCUT2D eigenvalue weighted by molar-refractivity contribution is 0.152. The summed E-state index contributed by atoms with van der Waals surface area (Å²) in [6.45, 7) is 0. The van der Waals surface area contributed by atoms with Crippen LogP contribution in [0.1, 0.15) is 32.1 Å². The van der Waals surface area contributed by atoms with E-state index in [1.54, 1.807) is 0 Å². The van der Waals surface area contributed by atoms with Crippen LogP contribution in [0.3, 0.4) is 0 Å². The first-order valence-electron chi connectivity index (χ1n) is 5.13. The van der Waals surface area contributed by atoms with E-state index in [9.17, 15) is 0 Å². The molecule has 0 radical (unpaired) electrons. The Kier molecular flexibility index (Phi) is 1.21. The summed E-state index contributed by atoms with van der Waals surface area (Å²) in [6.07, 6.45) is 12.6. The molecule has 0 saturated heterocycles. The minimum atomic E-state index is 0.993. The Morgan fingerprint density at radius 3 is 1.73 bits per heavy atom. The molecule has 4 aliphatic rings. The smallest absolute Gasteiger partial charge is 0.0202 e. The van der Waals surface area contributed by atoms with Gasteiger partial charge in [-0.2, -0.15) is 0 Å². The average Bonchev–Trinajstić information content (AvgIpc) is 2.55. The molecule has 2 bridgehead atoms. The maximum absolute atomic E-state index is 2.51. The zero-order valence-corrected chi connectivity index (χ0v) is 7.00. The van der Waals surface area contributed by atoms with Gasteiger partial charge in [-0.1, -0.05) is 18.6 Å². The fourth-order valence-corrected chi connectivity index (χ4v) is 3.66. The van der Waals surface area contributed by atoms with Gasteiger partial charge < -0.3 is 0 Å².